The van der Waals surface area contributed by atoms with Crippen LogP contribution in [0.1, 0.15) is 43.8 Å². The molecule has 9 heteroatoms. The summed E-state index contributed by atoms with van der Waals surface area (Å²) in [7, 11) is 3.28. The van der Waals surface area contributed by atoms with E-state index in [9.17, 15) is 19.7 Å². The molecule has 0 saturated carbocycles. The zero-order chi connectivity index (χ0) is 26.4. The van der Waals surface area contributed by atoms with Gasteiger partial charge in [0.25, 0.3) is 11.6 Å². The Morgan fingerprint density at radius 2 is 1.49 bits per heavy atom. The first-order valence-electron chi connectivity index (χ1n) is 12.0. The summed E-state index contributed by atoms with van der Waals surface area (Å²) in [5.74, 6) is 1.02. The molecule has 4 rings (SSSR count). The molecule has 37 heavy (non-hydrogen) atoms. The number of methoxy groups -OCH3 is 2. The van der Waals surface area contributed by atoms with E-state index in [1.165, 1.54) is 35.4 Å². The molecule has 1 amide bonds. The Morgan fingerprint density at radius 1 is 0.919 bits per heavy atom. The van der Waals surface area contributed by atoms with Crippen molar-refractivity contribution in [1.29, 1.82) is 0 Å². The maximum atomic E-state index is 12.6. The third-order valence-corrected chi connectivity index (χ3v) is 6.48. The Hall–Kier alpha value is -4.24. The number of benzene rings is 3. The Morgan fingerprint density at radius 3 is 2.08 bits per heavy atom. The molecule has 9 nitrogen and oxygen atoms in total. The lowest BCUT2D eigenvalue weighted by Gasteiger charge is -2.29. The van der Waals surface area contributed by atoms with Gasteiger partial charge in [0.05, 0.1) is 19.1 Å². The first kappa shape index (κ1) is 25.8. The molecule has 0 atom stereocenters. The lowest BCUT2D eigenvalue weighted by molar-refractivity contribution is -0.384. The summed E-state index contributed by atoms with van der Waals surface area (Å²) in [5, 5.41) is 13.7. The van der Waals surface area contributed by atoms with E-state index in [1.54, 1.807) is 38.5 Å². The number of nitrogens with zero attached hydrogens (tertiary/aromatic N) is 2. The van der Waals surface area contributed by atoms with Crippen molar-refractivity contribution >= 4 is 17.4 Å². The van der Waals surface area contributed by atoms with Crippen LogP contribution >= 0.6 is 0 Å². The summed E-state index contributed by atoms with van der Waals surface area (Å²) in [6.07, 6.45) is 1.75. The second-order valence-corrected chi connectivity index (χ2v) is 8.82. The maximum absolute atomic E-state index is 12.6. The monoisotopic (exact) mass is 503 g/mol. The number of carbonyl (C=O) groups is 2. The second kappa shape index (κ2) is 11.7. The molecule has 192 valence electrons. The minimum atomic E-state index is -0.512. The van der Waals surface area contributed by atoms with Gasteiger partial charge in [-0.3, -0.25) is 24.6 Å². The molecule has 0 bridgehead atoms. The van der Waals surface area contributed by atoms with Crippen LogP contribution in [-0.2, 0) is 13.0 Å². The summed E-state index contributed by atoms with van der Waals surface area (Å²) in [5.41, 5.74) is 3.66. The quantitative estimate of drug-likeness (QED) is 0.193. The topological polar surface area (TPSA) is 111 Å². The highest BCUT2D eigenvalue weighted by atomic mass is 16.6. The third-order valence-electron chi connectivity index (χ3n) is 6.48. The minimum absolute atomic E-state index is 0.0745. The zero-order valence-electron chi connectivity index (χ0n) is 20.9. The normalized spacial score (nSPS) is 12.9. The summed E-state index contributed by atoms with van der Waals surface area (Å²) in [6.45, 7) is 3.17. The van der Waals surface area contributed by atoms with Crippen molar-refractivity contribution in [2.45, 2.75) is 19.4 Å². The van der Waals surface area contributed by atoms with E-state index in [0.29, 0.717) is 23.2 Å². The van der Waals surface area contributed by atoms with Gasteiger partial charge in [-0.25, -0.2) is 0 Å². The molecule has 0 fully saturated rings. The van der Waals surface area contributed by atoms with E-state index < -0.39 is 4.92 Å². The van der Waals surface area contributed by atoms with Gasteiger partial charge in [-0.15, -0.1) is 0 Å². The summed E-state index contributed by atoms with van der Waals surface area (Å²) in [4.78, 5) is 37.8. The largest absolute Gasteiger partial charge is 0.493 e. The van der Waals surface area contributed by atoms with E-state index >= 15 is 0 Å². The number of fused-ring (bicyclic) bond motifs is 1. The summed E-state index contributed by atoms with van der Waals surface area (Å²) >= 11 is 0. The number of carbonyl (C=O) groups excluding carboxylic acids is 2. The highest BCUT2D eigenvalue weighted by molar-refractivity contribution is 6.09. The molecule has 0 aromatic heterocycles. The van der Waals surface area contributed by atoms with Crippen LogP contribution in [0.25, 0.3) is 0 Å². The number of ether oxygens (including phenoxy) is 2. The molecule has 1 N–H and O–H groups in total. The molecule has 0 aliphatic carbocycles. The molecule has 0 unspecified atom stereocenters. The fraction of sp³-hybridized carbons (Fsp3) is 0.286. The van der Waals surface area contributed by atoms with E-state index in [2.05, 4.69) is 16.3 Å². The summed E-state index contributed by atoms with van der Waals surface area (Å²) < 4.78 is 10.8. The lowest BCUT2D eigenvalue weighted by Crippen LogP contribution is -2.33. The lowest BCUT2D eigenvalue weighted by atomic mass is 9.98. The number of nitro groups is 1. The van der Waals surface area contributed by atoms with Crippen LogP contribution in [-0.4, -0.2) is 55.4 Å². The SMILES string of the molecule is COc1cc2c(cc1OC)CN(CCCNC(=O)c1ccc(C(=O)c3ccc([N+](=O)[O-])cc3)cc1)CC2. The van der Waals surface area contributed by atoms with Crippen LogP contribution in [0.15, 0.2) is 60.7 Å². The van der Waals surface area contributed by atoms with Gasteiger partial charge in [-0.2, -0.15) is 0 Å². The molecule has 0 saturated heterocycles. The predicted molar refractivity (Wildman–Crippen MR) is 138 cm³/mol. The molecule has 0 radical (unpaired) electrons. The van der Waals surface area contributed by atoms with E-state index in [0.717, 1.165) is 44.0 Å². The van der Waals surface area contributed by atoms with Gasteiger partial charge in [0, 0.05) is 55.0 Å². The smallest absolute Gasteiger partial charge is 0.269 e. The van der Waals surface area contributed by atoms with E-state index in [4.69, 9.17) is 9.47 Å². The number of nitrogens with one attached hydrogen (secondary N) is 1. The van der Waals surface area contributed by atoms with Crippen LogP contribution in [0.4, 0.5) is 5.69 Å². The van der Waals surface area contributed by atoms with Gasteiger partial charge in [-0.1, -0.05) is 12.1 Å². The maximum Gasteiger partial charge on any atom is 0.269 e. The van der Waals surface area contributed by atoms with Crippen LogP contribution in [0.2, 0.25) is 0 Å². The number of non-ortho nitro benzene ring substituents is 1. The molecule has 3 aromatic carbocycles. The van der Waals surface area contributed by atoms with Gasteiger partial charge in [-0.05, 0) is 60.4 Å². The van der Waals surface area contributed by atoms with Gasteiger partial charge in [0.2, 0.25) is 0 Å². The highest BCUT2D eigenvalue weighted by Crippen LogP contribution is 2.33. The van der Waals surface area contributed by atoms with Crippen molar-refractivity contribution in [2.75, 3.05) is 33.9 Å². The van der Waals surface area contributed by atoms with E-state index in [-0.39, 0.29) is 17.4 Å². The average molecular weight is 504 g/mol. The second-order valence-electron chi connectivity index (χ2n) is 8.82. The van der Waals surface area contributed by atoms with Crippen molar-refractivity contribution < 1.29 is 24.0 Å². The molecule has 1 aliphatic rings. The van der Waals surface area contributed by atoms with Crippen LogP contribution < -0.4 is 14.8 Å². The summed E-state index contributed by atoms with van der Waals surface area (Å²) in [6, 6.07) is 15.9. The molecular formula is C28H29N3O6. The first-order valence-corrected chi connectivity index (χ1v) is 12.0. The Labute approximate surface area is 215 Å². The number of hydrogen-bond donors (Lipinski definition) is 1. The Bertz CT molecular complexity index is 1290. The Kier molecular flexibility index (Phi) is 8.15. The minimum Gasteiger partial charge on any atom is -0.493 e. The van der Waals surface area contributed by atoms with Crippen molar-refractivity contribution in [1.82, 2.24) is 10.2 Å². The van der Waals surface area contributed by atoms with Crippen LogP contribution in [0.3, 0.4) is 0 Å². The zero-order valence-corrected chi connectivity index (χ0v) is 20.9. The predicted octanol–water partition coefficient (Wildman–Crippen LogP) is 4.02. The van der Waals surface area contributed by atoms with Gasteiger partial charge in [0.15, 0.2) is 17.3 Å². The standard InChI is InChI=1S/C28H29N3O6/c1-36-25-16-22-12-15-30(18-23(22)17-26(25)37-2)14-3-13-29-28(33)21-6-4-19(5-7-21)27(32)20-8-10-24(11-9-20)31(34)35/h4-11,16-17H,3,12-15,18H2,1-2H3,(H,29,33). The highest BCUT2D eigenvalue weighted by Gasteiger charge is 2.19. The molecule has 0 spiro atoms. The number of nitro benzene ring substituents is 1. The fourth-order valence-corrected chi connectivity index (χ4v) is 4.41. The Balaban J connectivity index is 1.25. The van der Waals surface area contributed by atoms with Gasteiger partial charge in [0.1, 0.15) is 0 Å². The average Bonchev–Trinajstić information content (AvgIpc) is 2.94. The van der Waals surface area contributed by atoms with Crippen molar-refractivity contribution in [2.24, 2.45) is 0 Å². The number of amides is 1. The fourth-order valence-electron chi connectivity index (χ4n) is 4.41. The third kappa shape index (κ3) is 6.13. The number of ketones is 1. The van der Waals surface area contributed by atoms with Gasteiger partial charge >= 0.3 is 0 Å². The van der Waals surface area contributed by atoms with Crippen LogP contribution in [0.5, 0.6) is 11.5 Å². The molecule has 3 aromatic rings. The first-order chi connectivity index (χ1) is 17.9. The van der Waals surface area contributed by atoms with Gasteiger partial charge < -0.3 is 14.8 Å². The molecular weight excluding hydrogens is 474 g/mol. The van der Waals surface area contributed by atoms with Crippen molar-refractivity contribution in [3.05, 3.63) is 98.6 Å². The van der Waals surface area contributed by atoms with Crippen molar-refractivity contribution in [3.8, 4) is 11.5 Å². The van der Waals surface area contributed by atoms with Crippen LogP contribution in [0, 0.1) is 10.1 Å². The number of rotatable bonds is 10. The molecule has 1 heterocycles. The van der Waals surface area contributed by atoms with E-state index in [1.807, 2.05) is 6.07 Å². The molecule has 1 aliphatic heterocycles. The van der Waals surface area contributed by atoms with Crippen molar-refractivity contribution in [3.63, 3.8) is 0 Å². The number of hydrogen-bond acceptors (Lipinski definition) is 7.